The number of nitrogens with one attached hydrogen (secondary N) is 1. The van der Waals surface area contributed by atoms with Crippen LogP contribution in [-0.4, -0.2) is 50.5 Å². The van der Waals surface area contributed by atoms with E-state index in [-0.39, 0.29) is 11.7 Å². The van der Waals surface area contributed by atoms with Crippen LogP contribution >= 0.6 is 0 Å². The zero-order valence-corrected chi connectivity index (χ0v) is 16.6. The van der Waals surface area contributed by atoms with E-state index >= 15 is 0 Å². The van der Waals surface area contributed by atoms with Gasteiger partial charge in [0, 0.05) is 35.8 Å². The number of carbonyl (C=O) groups is 1. The highest BCUT2D eigenvalue weighted by atomic mass is 16.1. The first-order valence-corrected chi connectivity index (χ1v) is 10.1. The van der Waals surface area contributed by atoms with Crippen molar-refractivity contribution in [3.05, 3.63) is 42.6 Å². The molecule has 3 heterocycles. The van der Waals surface area contributed by atoms with E-state index in [1.807, 2.05) is 30.6 Å². The van der Waals surface area contributed by atoms with Crippen molar-refractivity contribution in [1.82, 2.24) is 25.1 Å². The number of hydrogen-bond donors (Lipinski definition) is 1. The number of nitrogens with zero attached hydrogens (tertiary/aromatic N) is 4. The Morgan fingerprint density at radius 1 is 1.21 bits per heavy atom. The minimum atomic E-state index is 0.139. The number of fused-ring (bicyclic) bond motifs is 1. The van der Waals surface area contributed by atoms with Crippen LogP contribution in [0.2, 0.25) is 0 Å². The molecule has 1 N–H and O–H groups in total. The Morgan fingerprint density at radius 2 is 2.04 bits per heavy atom. The highest BCUT2D eigenvalue weighted by Gasteiger charge is 2.25. The van der Waals surface area contributed by atoms with Crippen LogP contribution in [0.25, 0.3) is 22.0 Å². The molecule has 1 aliphatic rings. The van der Waals surface area contributed by atoms with Crippen LogP contribution in [0.5, 0.6) is 0 Å². The molecule has 0 amide bonds. The third-order valence-corrected chi connectivity index (χ3v) is 5.46. The molecule has 0 aliphatic carbocycles. The zero-order chi connectivity index (χ0) is 19.5. The van der Waals surface area contributed by atoms with Gasteiger partial charge in [0.2, 0.25) is 0 Å². The van der Waals surface area contributed by atoms with Crippen molar-refractivity contribution in [2.75, 3.05) is 19.6 Å². The summed E-state index contributed by atoms with van der Waals surface area (Å²) in [5.41, 5.74) is 2.93. The van der Waals surface area contributed by atoms with Crippen molar-refractivity contribution >= 4 is 16.7 Å². The number of carbonyl (C=O) groups excluding carboxylic acids is 1. The number of H-pyrrole nitrogens is 1. The van der Waals surface area contributed by atoms with Crippen LogP contribution in [0.3, 0.4) is 0 Å². The van der Waals surface area contributed by atoms with Gasteiger partial charge in [0.05, 0.1) is 18.1 Å². The summed E-state index contributed by atoms with van der Waals surface area (Å²) in [6, 6.07) is 6.07. The van der Waals surface area contributed by atoms with Crippen LogP contribution < -0.4 is 0 Å². The molecule has 0 radical (unpaired) electrons. The molecule has 146 valence electrons. The van der Waals surface area contributed by atoms with Crippen LogP contribution in [0, 0.1) is 11.8 Å². The minimum Gasteiger partial charge on any atom is -0.303 e. The smallest absolute Gasteiger partial charge is 0.143 e. The highest BCUT2D eigenvalue weighted by Crippen LogP contribution is 2.23. The lowest BCUT2D eigenvalue weighted by atomic mass is 9.90. The zero-order valence-electron chi connectivity index (χ0n) is 16.6. The third kappa shape index (κ3) is 4.28. The van der Waals surface area contributed by atoms with Gasteiger partial charge < -0.3 is 4.90 Å². The van der Waals surface area contributed by atoms with Crippen molar-refractivity contribution in [1.29, 1.82) is 0 Å². The van der Waals surface area contributed by atoms with E-state index in [2.05, 4.69) is 38.9 Å². The molecule has 0 spiro atoms. The summed E-state index contributed by atoms with van der Waals surface area (Å²) in [7, 11) is 0. The first-order chi connectivity index (χ1) is 13.6. The van der Waals surface area contributed by atoms with Gasteiger partial charge in [0.25, 0.3) is 0 Å². The summed E-state index contributed by atoms with van der Waals surface area (Å²) in [5.74, 6) is 1.70. The molecule has 1 aromatic carbocycles. The SMILES string of the molecule is CC(C)CN1CCC(C(=O)Cc2ncc3ccc(-c4cn[nH]c4)cc3n2)CC1. The van der Waals surface area contributed by atoms with Crippen molar-refractivity contribution in [3.8, 4) is 11.1 Å². The van der Waals surface area contributed by atoms with E-state index in [9.17, 15) is 4.79 Å². The summed E-state index contributed by atoms with van der Waals surface area (Å²) < 4.78 is 0. The minimum absolute atomic E-state index is 0.139. The van der Waals surface area contributed by atoms with E-state index in [0.29, 0.717) is 18.2 Å². The molecule has 0 bridgehead atoms. The number of likely N-dealkylation sites (tertiary alicyclic amines) is 1. The monoisotopic (exact) mass is 377 g/mol. The molecular weight excluding hydrogens is 350 g/mol. The normalized spacial score (nSPS) is 16.1. The molecule has 6 heteroatoms. The van der Waals surface area contributed by atoms with Crippen LogP contribution in [0.4, 0.5) is 0 Å². The summed E-state index contributed by atoms with van der Waals surface area (Å²) in [4.78, 5) is 24.3. The molecule has 1 saturated heterocycles. The first kappa shape index (κ1) is 18.7. The lowest BCUT2D eigenvalue weighted by molar-refractivity contribution is -0.123. The number of benzene rings is 1. The highest BCUT2D eigenvalue weighted by molar-refractivity contribution is 5.85. The Bertz CT molecular complexity index is 943. The van der Waals surface area contributed by atoms with Gasteiger partial charge in [-0.15, -0.1) is 0 Å². The van der Waals surface area contributed by atoms with Crippen molar-refractivity contribution < 1.29 is 4.79 Å². The van der Waals surface area contributed by atoms with Gasteiger partial charge in [-0.1, -0.05) is 26.0 Å². The molecule has 28 heavy (non-hydrogen) atoms. The van der Waals surface area contributed by atoms with E-state index < -0.39 is 0 Å². The molecule has 4 rings (SSSR count). The molecule has 2 aromatic heterocycles. The maximum atomic E-state index is 12.8. The van der Waals surface area contributed by atoms with Crippen LogP contribution in [0.15, 0.2) is 36.8 Å². The molecule has 0 atom stereocenters. The predicted octanol–water partition coefficient (Wildman–Crippen LogP) is 3.50. The van der Waals surface area contributed by atoms with Gasteiger partial charge in [0.15, 0.2) is 0 Å². The standard InChI is InChI=1S/C22H27N5O/c1-15(2)14-27-7-5-16(6-8-27)21(28)10-22-23-11-18-4-3-17(9-20(18)26-22)19-12-24-25-13-19/h3-4,9,11-13,15-16H,5-8,10,14H2,1-2H3,(H,24,25). The average molecular weight is 377 g/mol. The Morgan fingerprint density at radius 3 is 2.75 bits per heavy atom. The van der Waals surface area contributed by atoms with Gasteiger partial charge >= 0.3 is 0 Å². The van der Waals surface area contributed by atoms with Crippen LogP contribution in [0.1, 0.15) is 32.5 Å². The molecule has 0 saturated carbocycles. The van der Waals surface area contributed by atoms with E-state index in [4.69, 9.17) is 0 Å². The van der Waals surface area contributed by atoms with E-state index in [1.54, 1.807) is 6.20 Å². The number of ketones is 1. The summed E-state index contributed by atoms with van der Waals surface area (Å²) in [6.45, 7) is 7.63. The lowest BCUT2D eigenvalue weighted by Gasteiger charge is -2.32. The van der Waals surface area contributed by atoms with E-state index in [0.717, 1.165) is 54.5 Å². The van der Waals surface area contributed by atoms with Crippen LogP contribution in [-0.2, 0) is 11.2 Å². The predicted molar refractivity (Wildman–Crippen MR) is 110 cm³/mol. The fourth-order valence-electron chi connectivity index (χ4n) is 3.99. The lowest BCUT2D eigenvalue weighted by Crippen LogP contribution is -2.38. The van der Waals surface area contributed by atoms with Gasteiger partial charge in [-0.25, -0.2) is 9.97 Å². The fourth-order valence-corrected chi connectivity index (χ4v) is 3.99. The molecule has 1 fully saturated rings. The van der Waals surface area contributed by atoms with Crippen molar-refractivity contribution in [3.63, 3.8) is 0 Å². The number of piperidine rings is 1. The quantitative estimate of drug-likeness (QED) is 0.712. The number of hydrogen-bond acceptors (Lipinski definition) is 5. The van der Waals surface area contributed by atoms with E-state index in [1.165, 1.54) is 0 Å². The molecule has 1 aliphatic heterocycles. The van der Waals surface area contributed by atoms with Crippen molar-refractivity contribution in [2.45, 2.75) is 33.1 Å². The third-order valence-electron chi connectivity index (χ3n) is 5.46. The second-order valence-electron chi connectivity index (χ2n) is 8.16. The van der Waals surface area contributed by atoms with Gasteiger partial charge in [-0.2, -0.15) is 5.10 Å². The largest absolute Gasteiger partial charge is 0.303 e. The molecule has 0 unspecified atom stereocenters. The number of aromatic amines is 1. The number of Topliss-reactive ketones (excluding diaryl/α,β-unsaturated/α-hetero) is 1. The second-order valence-corrected chi connectivity index (χ2v) is 8.16. The first-order valence-electron chi connectivity index (χ1n) is 10.1. The number of aromatic nitrogens is 4. The summed E-state index contributed by atoms with van der Waals surface area (Å²) >= 11 is 0. The Balaban J connectivity index is 1.43. The number of rotatable bonds is 6. The van der Waals surface area contributed by atoms with Gasteiger partial charge in [0.1, 0.15) is 11.6 Å². The Labute approximate surface area is 165 Å². The summed E-state index contributed by atoms with van der Waals surface area (Å²) in [5, 5.41) is 7.81. The van der Waals surface area contributed by atoms with Crippen molar-refractivity contribution in [2.24, 2.45) is 11.8 Å². The fraction of sp³-hybridized carbons (Fsp3) is 0.455. The molecule has 6 nitrogen and oxygen atoms in total. The Kier molecular flexibility index (Phi) is 5.48. The topological polar surface area (TPSA) is 74.8 Å². The molecular formula is C22H27N5O. The second kappa shape index (κ2) is 8.19. The van der Waals surface area contributed by atoms with Gasteiger partial charge in [-0.3, -0.25) is 9.89 Å². The molecule has 3 aromatic rings. The summed E-state index contributed by atoms with van der Waals surface area (Å²) in [6.07, 6.45) is 7.68. The average Bonchev–Trinajstić information content (AvgIpc) is 3.22. The van der Waals surface area contributed by atoms with Gasteiger partial charge in [-0.05, 0) is 43.5 Å². The Hall–Kier alpha value is -2.60. The maximum absolute atomic E-state index is 12.8. The maximum Gasteiger partial charge on any atom is 0.143 e.